The summed E-state index contributed by atoms with van der Waals surface area (Å²) in [7, 11) is 0. The van der Waals surface area contributed by atoms with Gasteiger partial charge in [-0.3, -0.25) is 10.1 Å². The summed E-state index contributed by atoms with van der Waals surface area (Å²) in [4.78, 5) is 12.9. The van der Waals surface area contributed by atoms with Crippen molar-refractivity contribution in [2.24, 2.45) is 0 Å². The SMILES string of the molecule is CC1CN(c2ccc(C(C)O)cc2[N+](=O)[O-])C(C)CO1. The third-order valence-electron chi connectivity index (χ3n) is 3.60. The van der Waals surface area contributed by atoms with Crippen molar-refractivity contribution in [1.29, 1.82) is 0 Å². The van der Waals surface area contributed by atoms with Crippen molar-refractivity contribution < 1.29 is 14.8 Å². The van der Waals surface area contributed by atoms with E-state index in [1.807, 2.05) is 18.7 Å². The lowest BCUT2D eigenvalue weighted by atomic mass is 10.1. The second kappa shape index (κ2) is 5.76. The van der Waals surface area contributed by atoms with Gasteiger partial charge in [-0.25, -0.2) is 0 Å². The van der Waals surface area contributed by atoms with Gasteiger partial charge in [0, 0.05) is 18.7 Å². The molecule has 0 amide bonds. The Balaban J connectivity index is 2.42. The van der Waals surface area contributed by atoms with Crippen molar-refractivity contribution in [1.82, 2.24) is 0 Å². The molecule has 2 rings (SSSR count). The summed E-state index contributed by atoms with van der Waals surface area (Å²) < 4.78 is 5.55. The highest BCUT2D eigenvalue weighted by Crippen LogP contribution is 2.33. The van der Waals surface area contributed by atoms with Crippen LogP contribution in [-0.2, 0) is 4.74 Å². The number of nitro benzene ring substituents is 1. The van der Waals surface area contributed by atoms with Crippen molar-refractivity contribution in [3.05, 3.63) is 33.9 Å². The summed E-state index contributed by atoms with van der Waals surface area (Å²) in [5.41, 5.74) is 1.17. The minimum Gasteiger partial charge on any atom is -0.389 e. The van der Waals surface area contributed by atoms with Gasteiger partial charge in [0.05, 0.1) is 23.7 Å². The van der Waals surface area contributed by atoms with E-state index < -0.39 is 11.0 Å². The maximum Gasteiger partial charge on any atom is 0.292 e. The van der Waals surface area contributed by atoms with Crippen molar-refractivity contribution in [2.75, 3.05) is 18.1 Å². The summed E-state index contributed by atoms with van der Waals surface area (Å²) in [6, 6.07) is 4.99. The van der Waals surface area contributed by atoms with Crippen LogP contribution in [0.15, 0.2) is 18.2 Å². The molecule has 0 saturated carbocycles. The predicted octanol–water partition coefficient (Wildman–Crippen LogP) is 2.26. The fraction of sp³-hybridized carbons (Fsp3) is 0.571. The molecule has 0 radical (unpaired) electrons. The lowest BCUT2D eigenvalue weighted by Crippen LogP contribution is -2.47. The van der Waals surface area contributed by atoms with Gasteiger partial charge in [-0.1, -0.05) is 6.07 Å². The van der Waals surface area contributed by atoms with Crippen LogP contribution in [0.1, 0.15) is 32.4 Å². The van der Waals surface area contributed by atoms with E-state index in [1.165, 1.54) is 6.07 Å². The Bertz CT molecular complexity index is 504. The Morgan fingerprint density at radius 2 is 2.20 bits per heavy atom. The molecule has 1 saturated heterocycles. The number of morpholine rings is 1. The van der Waals surface area contributed by atoms with Crippen LogP contribution < -0.4 is 4.90 Å². The number of aliphatic hydroxyl groups is 1. The van der Waals surface area contributed by atoms with Gasteiger partial charge < -0.3 is 14.7 Å². The van der Waals surface area contributed by atoms with E-state index in [9.17, 15) is 15.2 Å². The molecular formula is C14H20N2O4. The number of hydrogen-bond acceptors (Lipinski definition) is 5. The van der Waals surface area contributed by atoms with Crippen molar-refractivity contribution >= 4 is 11.4 Å². The highest BCUT2D eigenvalue weighted by Gasteiger charge is 2.29. The Morgan fingerprint density at radius 1 is 1.50 bits per heavy atom. The topological polar surface area (TPSA) is 75.8 Å². The van der Waals surface area contributed by atoms with E-state index in [2.05, 4.69) is 0 Å². The molecule has 0 aliphatic carbocycles. The number of nitrogens with zero attached hydrogens (tertiary/aromatic N) is 2. The van der Waals surface area contributed by atoms with E-state index in [0.717, 1.165) is 0 Å². The normalized spacial score (nSPS) is 24.5. The zero-order chi connectivity index (χ0) is 14.9. The molecule has 1 aromatic rings. The van der Waals surface area contributed by atoms with Gasteiger partial charge in [0.25, 0.3) is 5.69 Å². The minimum absolute atomic E-state index is 0.0318. The van der Waals surface area contributed by atoms with E-state index in [-0.39, 0.29) is 17.8 Å². The summed E-state index contributed by atoms with van der Waals surface area (Å²) in [6.07, 6.45) is -0.675. The fourth-order valence-corrected chi connectivity index (χ4v) is 2.43. The van der Waals surface area contributed by atoms with Crippen LogP contribution in [-0.4, -0.2) is 35.3 Å². The molecule has 1 aliphatic heterocycles. The average Bonchev–Trinajstić information content (AvgIpc) is 2.40. The van der Waals surface area contributed by atoms with Crippen LogP contribution in [0, 0.1) is 10.1 Å². The lowest BCUT2D eigenvalue weighted by Gasteiger charge is -2.38. The molecule has 1 aliphatic rings. The van der Waals surface area contributed by atoms with Gasteiger partial charge >= 0.3 is 0 Å². The zero-order valence-electron chi connectivity index (χ0n) is 11.9. The van der Waals surface area contributed by atoms with E-state index in [1.54, 1.807) is 19.1 Å². The highest BCUT2D eigenvalue weighted by atomic mass is 16.6. The van der Waals surface area contributed by atoms with Gasteiger partial charge in [-0.05, 0) is 32.4 Å². The van der Waals surface area contributed by atoms with Gasteiger partial charge in [0.15, 0.2) is 0 Å². The van der Waals surface area contributed by atoms with Crippen molar-refractivity contribution in [3.63, 3.8) is 0 Å². The molecule has 20 heavy (non-hydrogen) atoms. The van der Waals surface area contributed by atoms with Crippen LogP contribution >= 0.6 is 0 Å². The number of rotatable bonds is 3. The number of anilines is 1. The summed E-state index contributed by atoms with van der Waals surface area (Å²) in [6.45, 7) is 6.71. The first kappa shape index (κ1) is 14.7. The van der Waals surface area contributed by atoms with Crippen LogP contribution in [0.25, 0.3) is 0 Å². The monoisotopic (exact) mass is 280 g/mol. The molecule has 6 nitrogen and oxygen atoms in total. The lowest BCUT2D eigenvalue weighted by molar-refractivity contribution is -0.384. The van der Waals surface area contributed by atoms with E-state index in [0.29, 0.717) is 24.4 Å². The Morgan fingerprint density at radius 3 is 2.80 bits per heavy atom. The molecule has 3 atom stereocenters. The molecule has 1 heterocycles. The molecule has 0 bridgehead atoms. The van der Waals surface area contributed by atoms with Crippen molar-refractivity contribution in [3.8, 4) is 0 Å². The van der Waals surface area contributed by atoms with E-state index in [4.69, 9.17) is 4.74 Å². The molecule has 1 aromatic carbocycles. The Hall–Kier alpha value is -1.66. The minimum atomic E-state index is -0.719. The van der Waals surface area contributed by atoms with Gasteiger partial charge in [0.1, 0.15) is 5.69 Å². The smallest absolute Gasteiger partial charge is 0.292 e. The third kappa shape index (κ3) is 2.91. The average molecular weight is 280 g/mol. The summed E-state index contributed by atoms with van der Waals surface area (Å²) >= 11 is 0. The van der Waals surface area contributed by atoms with Gasteiger partial charge in [0.2, 0.25) is 0 Å². The molecule has 1 N–H and O–H groups in total. The largest absolute Gasteiger partial charge is 0.389 e. The Kier molecular flexibility index (Phi) is 4.25. The maximum atomic E-state index is 11.3. The van der Waals surface area contributed by atoms with Crippen LogP contribution in [0.2, 0.25) is 0 Å². The molecule has 0 aromatic heterocycles. The molecular weight excluding hydrogens is 260 g/mol. The maximum absolute atomic E-state index is 11.3. The fourth-order valence-electron chi connectivity index (χ4n) is 2.43. The van der Waals surface area contributed by atoms with Crippen molar-refractivity contribution in [2.45, 2.75) is 39.0 Å². The Labute approximate surface area is 118 Å². The number of nitro groups is 1. The van der Waals surface area contributed by atoms with Crippen LogP contribution in [0.3, 0.4) is 0 Å². The second-order valence-corrected chi connectivity index (χ2v) is 5.33. The standard InChI is InChI=1S/C14H20N2O4/c1-9-8-20-10(2)7-15(9)13-5-4-12(11(3)17)6-14(13)16(18)19/h4-6,9-11,17H,7-8H2,1-3H3. The van der Waals surface area contributed by atoms with Gasteiger partial charge in [-0.2, -0.15) is 0 Å². The summed E-state index contributed by atoms with van der Waals surface area (Å²) in [5.74, 6) is 0. The summed E-state index contributed by atoms with van der Waals surface area (Å²) in [5, 5.41) is 20.9. The number of ether oxygens (including phenoxy) is 1. The quantitative estimate of drug-likeness (QED) is 0.679. The predicted molar refractivity (Wildman–Crippen MR) is 76.0 cm³/mol. The molecule has 3 unspecified atom stereocenters. The first-order chi connectivity index (χ1) is 9.40. The number of benzene rings is 1. The third-order valence-corrected chi connectivity index (χ3v) is 3.60. The van der Waals surface area contributed by atoms with E-state index >= 15 is 0 Å². The first-order valence-corrected chi connectivity index (χ1v) is 6.74. The first-order valence-electron chi connectivity index (χ1n) is 6.74. The number of aliphatic hydroxyl groups excluding tert-OH is 1. The molecule has 110 valence electrons. The van der Waals surface area contributed by atoms with Crippen LogP contribution in [0.4, 0.5) is 11.4 Å². The highest BCUT2D eigenvalue weighted by molar-refractivity contribution is 5.65. The zero-order valence-corrected chi connectivity index (χ0v) is 11.9. The second-order valence-electron chi connectivity index (χ2n) is 5.33. The molecule has 0 spiro atoms. The van der Waals surface area contributed by atoms with Crippen LogP contribution in [0.5, 0.6) is 0 Å². The number of hydrogen-bond donors (Lipinski definition) is 1. The molecule has 6 heteroatoms. The van der Waals surface area contributed by atoms with Gasteiger partial charge in [-0.15, -0.1) is 0 Å². The molecule has 1 fully saturated rings.